The molecule has 0 spiro atoms. The molecule has 0 aliphatic rings. The standard InChI is InChI=1S/C15H13Cl3N2O3S/c1-20(2)24(22,23)10-4-6-12(16)11(8-10)15(21)19-9-3-5-13(17)14(18)7-9/h3-8H,1-2H3,(H,19,21). The van der Waals surface area contributed by atoms with E-state index in [-0.39, 0.29) is 20.5 Å². The minimum Gasteiger partial charge on any atom is -0.322 e. The lowest BCUT2D eigenvalue weighted by atomic mass is 10.2. The van der Waals surface area contributed by atoms with Crippen LogP contribution in [0.15, 0.2) is 41.3 Å². The number of benzene rings is 2. The largest absolute Gasteiger partial charge is 0.322 e. The maximum absolute atomic E-state index is 12.4. The molecule has 0 bridgehead atoms. The second-order valence-corrected chi connectivity index (χ2v) is 8.39. The summed E-state index contributed by atoms with van der Waals surface area (Å²) in [6, 6.07) is 8.52. The quantitative estimate of drug-likeness (QED) is 0.828. The van der Waals surface area contributed by atoms with Gasteiger partial charge in [-0.15, -0.1) is 0 Å². The van der Waals surface area contributed by atoms with E-state index < -0.39 is 15.9 Å². The minimum atomic E-state index is -3.68. The first-order valence-corrected chi connectivity index (χ1v) is 9.19. The maximum atomic E-state index is 12.4. The molecule has 5 nitrogen and oxygen atoms in total. The van der Waals surface area contributed by atoms with Crippen molar-refractivity contribution in [1.29, 1.82) is 0 Å². The predicted molar refractivity (Wildman–Crippen MR) is 96.7 cm³/mol. The summed E-state index contributed by atoms with van der Waals surface area (Å²) in [4.78, 5) is 12.4. The second-order valence-electron chi connectivity index (χ2n) is 5.01. The van der Waals surface area contributed by atoms with Gasteiger partial charge in [-0.05, 0) is 36.4 Å². The Labute approximate surface area is 155 Å². The molecule has 1 amide bonds. The molecule has 0 atom stereocenters. The van der Waals surface area contributed by atoms with Crippen LogP contribution in [0, 0.1) is 0 Å². The summed E-state index contributed by atoms with van der Waals surface area (Å²) >= 11 is 17.8. The Kier molecular flexibility index (Phi) is 5.78. The molecule has 128 valence electrons. The van der Waals surface area contributed by atoms with E-state index >= 15 is 0 Å². The highest BCUT2D eigenvalue weighted by atomic mass is 35.5. The number of hydrogen-bond acceptors (Lipinski definition) is 3. The van der Waals surface area contributed by atoms with Gasteiger partial charge in [0.25, 0.3) is 5.91 Å². The fourth-order valence-corrected chi connectivity index (χ4v) is 3.25. The van der Waals surface area contributed by atoms with Crippen LogP contribution in [0.5, 0.6) is 0 Å². The van der Waals surface area contributed by atoms with Crippen LogP contribution in [-0.4, -0.2) is 32.7 Å². The molecule has 2 aromatic carbocycles. The average molecular weight is 408 g/mol. The van der Waals surface area contributed by atoms with Gasteiger partial charge in [0, 0.05) is 19.8 Å². The normalized spacial score (nSPS) is 11.6. The first-order chi connectivity index (χ1) is 11.1. The van der Waals surface area contributed by atoms with Crippen molar-refractivity contribution in [2.75, 3.05) is 19.4 Å². The van der Waals surface area contributed by atoms with Gasteiger partial charge in [-0.1, -0.05) is 34.8 Å². The van der Waals surface area contributed by atoms with Crippen LogP contribution in [0.3, 0.4) is 0 Å². The molecule has 0 radical (unpaired) electrons. The van der Waals surface area contributed by atoms with Crippen molar-refractivity contribution in [2.24, 2.45) is 0 Å². The van der Waals surface area contributed by atoms with Crippen molar-refractivity contribution < 1.29 is 13.2 Å². The van der Waals surface area contributed by atoms with Gasteiger partial charge in [0.05, 0.1) is 25.5 Å². The molecule has 0 aromatic heterocycles. The summed E-state index contributed by atoms with van der Waals surface area (Å²) in [6.45, 7) is 0. The number of halogens is 3. The zero-order chi connectivity index (χ0) is 18.1. The molecule has 2 aromatic rings. The van der Waals surface area contributed by atoms with Gasteiger partial charge in [0.2, 0.25) is 10.0 Å². The maximum Gasteiger partial charge on any atom is 0.257 e. The number of sulfonamides is 1. The molecule has 24 heavy (non-hydrogen) atoms. The third-order valence-electron chi connectivity index (χ3n) is 3.14. The van der Waals surface area contributed by atoms with Gasteiger partial charge in [0.1, 0.15) is 0 Å². The van der Waals surface area contributed by atoms with Crippen molar-refractivity contribution in [1.82, 2.24) is 4.31 Å². The third kappa shape index (κ3) is 4.02. The molecular weight excluding hydrogens is 395 g/mol. The number of rotatable bonds is 4. The van der Waals surface area contributed by atoms with Crippen LogP contribution in [-0.2, 0) is 10.0 Å². The summed E-state index contributed by atoms with van der Waals surface area (Å²) in [5, 5.41) is 3.37. The van der Waals surface area contributed by atoms with Crippen molar-refractivity contribution >= 4 is 56.4 Å². The van der Waals surface area contributed by atoms with E-state index in [1.165, 1.54) is 44.4 Å². The van der Waals surface area contributed by atoms with Crippen molar-refractivity contribution in [3.05, 3.63) is 57.0 Å². The number of nitrogens with one attached hydrogen (secondary N) is 1. The first kappa shape index (κ1) is 19.0. The van der Waals surface area contributed by atoms with E-state index in [1.54, 1.807) is 6.07 Å². The Morgan fingerprint density at radius 1 is 0.958 bits per heavy atom. The Balaban J connectivity index is 2.37. The summed E-state index contributed by atoms with van der Waals surface area (Å²) in [6.07, 6.45) is 0. The Morgan fingerprint density at radius 3 is 2.17 bits per heavy atom. The van der Waals surface area contributed by atoms with Crippen LogP contribution in [0.1, 0.15) is 10.4 Å². The Hall–Kier alpha value is -1.31. The zero-order valence-corrected chi connectivity index (χ0v) is 15.8. The number of hydrogen-bond donors (Lipinski definition) is 1. The Bertz CT molecular complexity index is 899. The highest BCUT2D eigenvalue weighted by Crippen LogP contribution is 2.27. The smallest absolute Gasteiger partial charge is 0.257 e. The van der Waals surface area contributed by atoms with Crippen LogP contribution >= 0.6 is 34.8 Å². The minimum absolute atomic E-state index is 0.0313. The first-order valence-electron chi connectivity index (χ1n) is 6.61. The molecule has 9 heteroatoms. The molecule has 2 rings (SSSR count). The van der Waals surface area contributed by atoms with Gasteiger partial charge < -0.3 is 5.32 Å². The monoisotopic (exact) mass is 406 g/mol. The van der Waals surface area contributed by atoms with E-state index in [9.17, 15) is 13.2 Å². The lowest BCUT2D eigenvalue weighted by Gasteiger charge is -2.13. The summed E-state index contributed by atoms with van der Waals surface area (Å²) in [5.41, 5.74) is 0.442. The number of carbonyl (C=O) groups is 1. The SMILES string of the molecule is CN(C)S(=O)(=O)c1ccc(Cl)c(C(=O)Nc2ccc(Cl)c(Cl)c2)c1. The van der Waals surface area contributed by atoms with E-state index in [0.717, 1.165) is 4.31 Å². The van der Waals surface area contributed by atoms with Crippen LogP contribution in [0.2, 0.25) is 15.1 Å². The molecule has 1 N–H and O–H groups in total. The molecule has 0 unspecified atom stereocenters. The van der Waals surface area contributed by atoms with Gasteiger partial charge in [-0.25, -0.2) is 12.7 Å². The number of amides is 1. The topological polar surface area (TPSA) is 66.5 Å². The van der Waals surface area contributed by atoms with Crippen LogP contribution in [0.25, 0.3) is 0 Å². The predicted octanol–water partition coefficient (Wildman–Crippen LogP) is 4.15. The molecule has 0 saturated carbocycles. The third-order valence-corrected chi connectivity index (χ3v) is 6.02. The number of nitrogens with zero attached hydrogens (tertiary/aromatic N) is 1. The van der Waals surface area contributed by atoms with E-state index in [0.29, 0.717) is 10.7 Å². The van der Waals surface area contributed by atoms with Crippen molar-refractivity contribution in [2.45, 2.75) is 4.90 Å². The Morgan fingerprint density at radius 2 is 1.58 bits per heavy atom. The van der Waals surface area contributed by atoms with Crippen LogP contribution in [0.4, 0.5) is 5.69 Å². The molecule has 0 saturated heterocycles. The summed E-state index contributed by atoms with van der Waals surface area (Å²) < 4.78 is 25.4. The fourth-order valence-electron chi connectivity index (χ4n) is 1.82. The number of anilines is 1. The van der Waals surface area contributed by atoms with Gasteiger partial charge in [-0.2, -0.15) is 0 Å². The van der Waals surface area contributed by atoms with Gasteiger partial charge in [-0.3, -0.25) is 4.79 Å². The lowest BCUT2D eigenvalue weighted by Crippen LogP contribution is -2.23. The van der Waals surface area contributed by atoms with Crippen molar-refractivity contribution in [3.8, 4) is 0 Å². The highest BCUT2D eigenvalue weighted by Gasteiger charge is 2.21. The van der Waals surface area contributed by atoms with E-state index in [4.69, 9.17) is 34.8 Å². The lowest BCUT2D eigenvalue weighted by molar-refractivity contribution is 0.102. The molecule has 0 fully saturated rings. The summed E-state index contributed by atoms with van der Waals surface area (Å²) in [5.74, 6) is -0.561. The highest BCUT2D eigenvalue weighted by molar-refractivity contribution is 7.89. The summed E-state index contributed by atoms with van der Waals surface area (Å²) in [7, 11) is -0.874. The molecule has 0 heterocycles. The van der Waals surface area contributed by atoms with E-state index in [1.807, 2.05) is 0 Å². The molecular formula is C15H13Cl3N2O3S. The molecule has 0 aliphatic carbocycles. The second kappa shape index (κ2) is 7.29. The van der Waals surface area contributed by atoms with Gasteiger partial charge >= 0.3 is 0 Å². The fraction of sp³-hybridized carbons (Fsp3) is 0.133. The van der Waals surface area contributed by atoms with Crippen molar-refractivity contribution in [3.63, 3.8) is 0 Å². The zero-order valence-electron chi connectivity index (χ0n) is 12.7. The van der Waals surface area contributed by atoms with Crippen LogP contribution < -0.4 is 5.32 Å². The average Bonchev–Trinajstić information content (AvgIpc) is 2.51. The number of carbonyl (C=O) groups excluding carboxylic acids is 1. The molecule has 0 aliphatic heterocycles. The van der Waals surface area contributed by atoms with E-state index in [2.05, 4.69) is 5.32 Å². The van der Waals surface area contributed by atoms with Gasteiger partial charge in [0.15, 0.2) is 0 Å².